The third kappa shape index (κ3) is 12.0. The number of rotatable bonds is 16. The Hall–Kier alpha value is -5.64. The number of carbonyl (C=O) groups is 4. The number of benzene rings is 2. The number of hydrogen-bond acceptors (Lipinski definition) is 13. The molecule has 2 aromatic carbocycles. The van der Waals surface area contributed by atoms with Crippen molar-refractivity contribution in [2.45, 2.75) is 149 Å². The molecule has 0 spiro atoms. The third-order valence-electron chi connectivity index (χ3n) is 15.2. The van der Waals surface area contributed by atoms with E-state index in [-0.39, 0.29) is 73.7 Å². The number of pyridine rings is 1. The molecule has 18 heteroatoms. The molecule has 4 atom stereocenters. The number of carbonyl (C=O) groups excluding carboxylic acids is 4. The van der Waals surface area contributed by atoms with Crippen LogP contribution in [0.15, 0.2) is 66.3 Å². The largest absolute Gasteiger partial charge is 0.489 e. The molecule has 2 aliphatic heterocycles. The highest BCUT2D eigenvalue weighted by molar-refractivity contribution is 7.13. The summed E-state index contributed by atoms with van der Waals surface area (Å²) in [5.74, 6) is 0.0476. The van der Waals surface area contributed by atoms with Crippen LogP contribution in [0.5, 0.6) is 5.75 Å². The summed E-state index contributed by atoms with van der Waals surface area (Å²) in [6.07, 6.45) is 4.03. The second-order valence-corrected chi connectivity index (χ2v) is 23.9. The van der Waals surface area contributed by atoms with Crippen LogP contribution in [0.4, 0.5) is 5.82 Å². The molecule has 0 bridgehead atoms. The van der Waals surface area contributed by atoms with Crippen molar-refractivity contribution in [3.05, 3.63) is 93.7 Å². The smallest absolute Gasteiger partial charge is 0.253 e. The summed E-state index contributed by atoms with van der Waals surface area (Å²) in [5, 5.41) is 33.0. The molecule has 4 aromatic rings. The fourth-order valence-electron chi connectivity index (χ4n) is 11.3. The van der Waals surface area contributed by atoms with Crippen LogP contribution in [0.2, 0.25) is 5.02 Å². The van der Waals surface area contributed by atoms with Gasteiger partial charge in [0.15, 0.2) is 0 Å². The predicted molar refractivity (Wildman–Crippen MR) is 281 cm³/mol. The molecular formula is C55H70ClN9O7S. The Balaban J connectivity index is 0.745. The van der Waals surface area contributed by atoms with Crippen molar-refractivity contribution < 1.29 is 33.8 Å². The van der Waals surface area contributed by atoms with Crippen molar-refractivity contribution in [2.75, 3.05) is 31.5 Å². The Kier molecular flexibility index (Phi) is 15.9. The van der Waals surface area contributed by atoms with E-state index in [0.29, 0.717) is 40.8 Å². The lowest BCUT2D eigenvalue weighted by Gasteiger charge is -2.63. The van der Waals surface area contributed by atoms with Crippen LogP contribution in [0.1, 0.15) is 121 Å². The van der Waals surface area contributed by atoms with Gasteiger partial charge >= 0.3 is 0 Å². The molecule has 16 nitrogen and oxygen atoms in total. The number of amides is 4. The Morgan fingerprint density at radius 3 is 2.26 bits per heavy atom. The molecule has 2 saturated carbocycles. The standard InChI is InChI=1S/C55H70ClN9O7S/c1-31(33-10-12-34(13-11-33)46-32(2)59-30-73-46)60-49(69)43-24-38(66)28-65(43)50(70)47(53(3,4)5)62-45(67)29-64-20-18-39(19-21-64)71-41-22-37(23-41)61-44-17-15-36(27-58-44)48(68)63-51-54(6,7)52(55(51,8)9)72-40-16-14-35(26-57)42(56)25-40/h10-17,25,27,30-31,37-39,41,43,47,51-52,66H,18-24,28-29H2,1-9H3,(H,58,61)(H,60,69)(H,62,67)(H,63,68)/t31?,37?,38-,41?,43+,47?,51?,52?/m1/s1. The number of aryl methyl sites for hydroxylation is 1. The van der Waals surface area contributed by atoms with Crippen LogP contribution in [0.3, 0.4) is 0 Å². The SMILES string of the molecule is Cc1ncsc1-c1ccc(C(C)NC(=O)[C@@H]2C[C@@H](O)CN2C(=O)C(NC(=O)CN2CCC(OC3CC(Nc4ccc(C(=O)NC5C(C)(C)C(Oc6ccc(C#N)c(Cl)c6)C5(C)C)cn4)C3)CC2)C(C)(C)C)cc1. The topological polar surface area (TPSA) is 211 Å². The number of thiazole rings is 1. The van der Waals surface area contributed by atoms with Gasteiger partial charge < -0.3 is 40.7 Å². The Morgan fingerprint density at radius 1 is 0.959 bits per heavy atom. The van der Waals surface area contributed by atoms with E-state index in [1.165, 1.54) is 4.90 Å². The highest BCUT2D eigenvalue weighted by Crippen LogP contribution is 2.55. The maximum absolute atomic E-state index is 14.3. The van der Waals surface area contributed by atoms with Gasteiger partial charge in [-0.2, -0.15) is 5.26 Å². The van der Waals surface area contributed by atoms with Gasteiger partial charge in [-0.15, -0.1) is 11.3 Å². The first-order valence-electron chi connectivity index (χ1n) is 25.4. The molecule has 2 unspecified atom stereocenters. The minimum Gasteiger partial charge on any atom is -0.489 e. The molecule has 4 heterocycles. The van der Waals surface area contributed by atoms with Crippen molar-refractivity contribution in [3.8, 4) is 22.3 Å². The average molecular weight is 1040 g/mol. The second kappa shape index (κ2) is 21.7. The number of nitrogens with one attached hydrogen (secondary N) is 4. The number of anilines is 1. The number of hydrogen-bond donors (Lipinski definition) is 5. The molecule has 0 radical (unpaired) electrons. The summed E-state index contributed by atoms with van der Waals surface area (Å²) >= 11 is 7.84. The van der Waals surface area contributed by atoms with E-state index in [4.69, 9.17) is 21.1 Å². The fraction of sp³-hybridized carbons (Fsp3) is 0.545. The monoisotopic (exact) mass is 1040 g/mol. The van der Waals surface area contributed by atoms with Gasteiger partial charge in [0.05, 0.1) is 63.1 Å². The summed E-state index contributed by atoms with van der Waals surface area (Å²) in [7, 11) is 0. The van der Waals surface area contributed by atoms with Crippen LogP contribution in [0.25, 0.3) is 10.4 Å². The van der Waals surface area contributed by atoms with E-state index in [2.05, 4.69) is 69.9 Å². The zero-order valence-corrected chi connectivity index (χ0v) is 44.9. The zero-order chi connectivity index (χ0) is 52.6. The molecule has 4 amide bonds. The van der Waals surface area contributed by atoms with Gasteiger partial charge in [0.25, 0.3) is 5.91 Å². The molecule has 5 N–H and O–H groups in total. The van der Waals surface area contributed by atoms with E-state index >= 15 is 0 Å². The van der Waals surface area contributed by atoms with E-state index in [0.717, 1.165) is 47.4 Å². The minimum absolute atomic E-state index is 0.00435. The molecule has 2 aliphatic carbocycles. The summed E-state index contributed by atoms with van der Waals surface area (Å²) < 4.78 is 12.8. The normalized spacial score (nSPS) is 24.5. The number of nitriles is 1. The van der Waals surface area contributed by atoms with Gasteiger partial charge in [0, 0.05) is 61.2 Å². The highest BCUT2D eigenvalue weighted by atomic mass is 35.5. The first-order chi connectivity index (χ1) is 34.5. The van der Waals surface area contributed by atoms with Gasteiger partial charge in [-0.25, -0.2) is 9.97 Å². The Bertz CT molecular complexity index is 2670. The van der Waals surface area contributed by atoms with E-state index in [9.17, 15) is 29.5 Å². The number of halogens is 1. The fourth-order valence-corrected chi connectivity index (χ4v) is 12.4. The lowest BCUT2D eigenvalue weighted by atomic mass is 9.49. The van der Waals surface area contributed by atoms with Gasteiger partial charge in [0.2, 0.25) is 17.7 Å². The molecular weight excluding hydrogens is 966 g/mol. The number of piperidine rings is 1. The lowest BCUT2D eigenvalue weighted by molar-refractivity contribution is -0.164. The highest BCUT2D eigenvalue weighted by Gasteiger charge is 2.64. The van der Waals surface area contributed by atoms with E-state index in [1.807, 2.05) is 70.5 Å². The van der Waals surface area contributed by atoms with Gasteiger partial charge in [0.1, 0.15) is 35.8 Å². The van der Waals surface area contributed by atoms with E-state index < -0.39 is 40.3 Å². The number of nitrogens with zero attached hydrogens (tertiary/aromatic N) is 5. The van der Waals surface area contributed by atoms with Crippen LogP contribution in [-0.2, 0) is 19.1 Å². The summed E-state index contributed by atoms with van der Waals surface area (Å²) in [6, 6.07) is 16.6. The summed E-state index contributed by atoms with van der Waals surface area (Å²) in [5.41, 5.74) is 4.15. The van der Waals surface area contributed by atoms with Crippen LogP contribution < -0.4 is 26.0 Å². The average Bonchev–Trinajstić information content (AvgIpc) is 3.96. The third-order valence-corrected chi connectivity index (χ3v) is 16.5. The number of β-amino-alcohol motifs (C(OH)–C–C–N with tert-alkyl or cyclic N) is 1. The van der Waals surface area contributed by atoms with Crippen LogP contribution >= 0.6 is 22.9 Å². The van der Waals surface area contributed by atoms with Crippen molar-refractivity contribution in [2.24, 2.45) is 16.2 Å². The Labute approximate surface area is 438 Å². The van der Waals surface area contributed by atoms with E-state index in [1.54, 1.807) is 41.8 Å². The number of likely N-dealkylation sites (tertiary alicyclic amines) is 2. The lowest BCUT2D eigenvalue weighted by Crippen LogP contribution is -2.74. The van der Waals surface area contributed by atoms with Gasteiger partial charge in [-0.05, 0) is 80.3 Å². The predicted octanol–water partition coefficient (Wildman–Crippen LogP) is 7.44. The molecule has 73 heavy (non-hydrogen) atoms. The summed E-state index contributed by atoms with van der Waals surface area (Å²) in [6.45, 7) is 19.3. The van der Waals surface area contributed by atoms with Crippen molar-refractivity contribution in [3.63, 3.8) is 0 Å². The quantitative estimate of drug-likeness (QED) is 0.0742. The molecule has 390 valence electrons. The molecule has 8 rings (SSSR count). The first-order valence-corrected chi connectivity index (χ1v) is 26.6. The van der Waals surface area contributed by atoms with Crippen molar-refractivity contribution in [1.82, 2.24) is 35.7 Å². The van der Waals surface area contributed by atoms with Crippen LogP contribution in [0, 0.1) is 34.5 Å². The molecule has 4 fully saturated rings. The van der Waals surface area contributed by atoms with Gasteiger partial charge in [-0.1, -0.05) is 84.3 Å². The minimum atomic E-state index is -0.911. The van der Waals surface area contributed by atoms with Gasteiger partial charge in [-0.3, -0.25) is 24.1 Å². The molecule has 4 aliphatic rings. The maximum atomic E-state index is 14.3. The maximum Gasteiger partial charge on any atom is 0.253 e. The molecule has 2 saturated heterocycles. The molecule has 2 aromatic heterocycles. The number of aromatic nitrogens is 2. The van der Waals surface area contributed by atoms with Crippen molar-refractivity contribution in [1.29, 1.82) is 5.26 Å². The summed E-state index contributed by atoms with van der Waals surface area (Å²) in [4.78, 5) is 68.6. The number of aliphatic hydroxyl groups excluding tert-OH is 1. The number of ether oxygens (including phenoxy) is 2. The number of aliphatic hydroxyl groups is 1. The van der Waals surface area contributed by atoms with Crippen LogP contribution in [-0.4, -0.2) is 123 Å². The first kappa shape index (κ1) is 53.6. The zero-order valence-electron chi connectivity index (χ0n) is 43.3. The van der Waals surface area contributed by atoms with Crippen molar-refractivity contribution >= 4 is 52.4 Å². The Morgan fingerprint density at radius 2 is 1.66 bits per heavy atom. The second-order valence-electron chi connectivity index (χ2n) is 22.7.